The first-order valence-electron chi connectivity index (χ1n) is 4.60. The van der Waals surface area contributed by atoms with E-state index < -0.39 is 39.1 Å². The Morgan fingerprint density at radius 3 is 2.37 bits per heavy atom. The maximum atomic E-state index is 12.6. The molecule has 19 heavy (non-hydrogen) atoms. The molecule has 1 aromatic rings. The fraction of sp³-hybridized carbons (Fsp3) is 0.200. The van der Waals surface area contributed by atoms with Gasteiger partial charge in [0.25, 0.3) is 0 Å². The van der Waals surface area contributed by atoms with Crippen LogP contribution in [0.15, 0.2) is 6.07 Å². The quantitative estimate of drug-likeness (QED) is 0.810. The molecule has 0 radical (unpaired) electrons. The van der Waals surface area contributed by atoms with Crippen LogP contribution in [0, 0.1) is 11.3 Å². The molecule has 0 fully saturated rings. The van der Waals surface area contributed by atoms with Gasteiger partial charge in [0, 0.05) is 0 Å². The molecule has 1 aromatic carbocycles. The summed E-state index contributed by atoms with van der Waals surface area (Å²) >= 11 is 16.7. The molecule has 0 aliphatic carbocycles. The van der Waals surface area contributed by atoms with Gasteiger partial charge >= 0.3 is 6.18 Å². The van der Waals surface area contributed by atoms with Gasteiger partial charge in [0.2, 0.25) is 5.91 Å². The lowest BCUT2D eigenvalue weighted by Crippen LogP contribution is -2.13. The van der Waals surface area contributed by atoms with E-state index in [2.05, 4.69) is 5.32 Å². The van der Waals surface area contributed by atoms with Crippen LogP contribution in [0.1, 0.15) is 12.0 Å². The Labute approximate surface area is 120 Å². The Balaban J connectivity index is 3.28. The molecule has 0 aliphatic rings. The van der Waals surface area contributed by atoms with Gasteiger partial charge in [-0.3, -0.25) is 4.79 Å². The van der Waals surface area contributed by atoms with Gasteiger partial charge in [-0.05, 0) is 6.07 Å². The third-order valence-electron chi connectivity index (χ3n) is 1.97. The number of halogens is 6. The summed E-state index contributed by atoms with van der Waals surface area (Å²) in [5.74, 6) is -0.762. The van der Waals surface area contributed by atoms with E-state index in [0.717, 1.165) is 0 Å². The topological polar surface area (TPSA) is 52.9 Å². The van der Waals surface area contributed by atoms with Crippen molar-refractivity contribution >= 4 is 46.4 Å². The highest BCUT2D eigenvalue weighted by Crippen LogP contribution is 2.44. The van der Waals surface area contributed by atoms with Gasteiger partial charge in [-0.25, -0.2) is 0 Å². The molecule has 0 atom stereocenters. The zero-order chi connectivity index (χ0) is 14.8. The molecule has 3 nitrogen and oxygen atoms in total. The van der Waals surface area contributed by atoms with Crippen LogP contribution < -0.4 is 5.32 Å². The second kappa shape index (κ2) is 5.87. The number of anilines is 1. The van der Waals surface area contributed by atoms with Crippen molar-refractivity contribution in [3.05, 3.63) is 26.7 Å². The number of hydrogen-bond acceptors (Lipinski definition) is 2. The van der Waals surface area contributed by atoms with E-state index in [1.54, 1.807) is 6.07 Å². The second-order valence-electron chi connectivity index (χ2n) is 3.29. The molecule has 0 spiro atoms. The Kier molecular flexibility index (Phi) is 4.91. The number of amides is 1. The first kappa shape index (κ1) is 15.9. The van der Waals surface area contributed by atoms with Gasteiger partial charge in [0.05, 0.1) is 32.4 Å². The van der Waals surface area contributed by atoms with Gasteiger partial charge < -0.3 is 5.32 Å². The highest BCUT2D eigenvalue weighted by atomic mass is 35.5. The van der Waals surface area contributed by atoms with Crippen molar-refractivity contribution in [3.8, 4) is 6.07 Å². The van der Waals surface area contributed by atoms with Gasteiger partial charge in [0.1, 0.15) is 6.42 Å². The Morgan fingerprint density at radius 1 is 1.32 bits per heavy atom. The highest BCUT2D eigenvalue weighted by molar-refractivity contribution is 6.47. The van der Waals surface area contributed by atoms with E-state index in [1.807, 2.05) is 0 Å². The molecule has 0 bridgehead atoms. The van der Waals surface area contributed by atoms with Gasteiger partial charge in [-0.1, -0.05) is 34.8 Å². The van der Waals surface area contributed by atoms with Crippen LogP contribution in [0.3, 0.4) is 0 Å². The lowest BCUT2D eigenvalue weighted by molar-refractivity contribution is -0.137. The average molecular weight is 332 g/mol. The lowest BCUT2D eigenvalue weighted by atomic mass is 10.2. The second-order valence-corrected chi connectivity index (χ2v) is 4.45. The van der Waals surface area contributed by atoms with Crippen LogP contribution in [0.5, 0.6) is 0 Å². The first-order chi connectivity index (χ1) is 8.68. The molecule has 0 aromatic heterocycles. The summed E-state index contributed by atoms with van der Waals surface area (Å²) in [6, 6.07) is 2.12. The normalized spacial score (nSPS) is 11.0. The molecule has 102 valence electrons. The van der Waals surface area contributed by atoms with Gasteiger partial charge in [-0.2, -0.15) is 18.4 Å². The highest BCUT2D eigenvalue weighted by Gasteiger charge is 2.35. The minimum absolute atomic E-state index is 0.262. The number of carbonyl (C=O) groups is 1. The number of carbonyl (C=O) groups excluding carboxylic acids is 1. The summed E-state index contributed by atoms with van der Waals surface area (Å²) in [6.07, 6.45) is -5.22. The van der Waals surface area contributed by atoms with E-state index in [1.165, 1.54) is 0 Å². The van der Waals surface area contributed by atoms with Crippen molar-refractivity contribution in [2.24, 2.45) is 0 Å². The van der Waals surface area contributed by atoms with Crippen molar-refractivity contribution < 1.29 is 18.0 Å². The maximum Gasteiger partial charge on any atom is 0.417 e. The SMILES string of the molecule is N#CCC(=O)Nc1c(Cl)cc(C(F)(F)F)c(Cl)c1Cl. The van der Waals surface area contributed by atoms with Crippen LogP contribution in [-0.2, 0) is 11.0 Å². The standard InChI is InChI=1S/C10H4Cl3F3N2O/c11-5-3-4(10(14,15)16)7(12)8(13)9(5)18-6(19)1-2-17/h3H,1H2,(H,18,19). The van der Waals surface area contributed by atoms with Crippen LogP contribution >= 0.6 is 34.8 Å². The van der Waals surface area contributed by atoms with Crippen LogP contribution in [0.25, 0.3) is 0 Å². The molecule has 0 aliphatic heterocycles. The van der Waals surface area contributed by atoms with Crippen molar-refractivity contribution in [3.63, 3.8) is 0 Å². The van der Waals surface area contributed by atoms with Crippen molar-refractivity contribution in [2.75, 3.05) is 5.32 Å². The summed E-state index contributed by atoms with van der Waals surface area (Å²) < 4.78 is 37.8. The lowest BCUT2D eigenvalue weighted by Gasteiger charge is -2.15. The number of nitrogens with one attached hydrogen (secondary N) is 1. The van der Waals surface area contributed by atoms with Crippen molar-refractivity contribution in [1.82, 2.24) is 0 Å². The van der Waals surface area contributed by atoms with Gasteiger partial charge in [-0.15, -0.1) is 0 Å². The van der Waals surface area contributed by atoms with Crippen LogP contribution in [-0.4, -0.2) is 5.91 Å². The molecule has 0 unspecified atom stereocenters. The zero-order valence-electron chi connectivity index (χ0n) is 8.91. The Hall–Kier alpha value is -1.16. The molecular weight excluding hydrogens is 327 g/mol. The number of nitrogens with zero attached hydrogens (tertiary/aromatic N) is 1. The van der Waals surface area contributed by atoms with Crippen molar-refractivity contribution in [1.29, 1.82) is 5.26 Å². The summed E-state index contributed by atoms with van der Waals surface area (Å²) in [4.78, 5) is 11.2. The van der Waals surface area contributed by atoms with Crippen LogP contribution in [0.4, 0.5) is 18.9 Å². The summed E-state index contributed by atoms with van der Waals surface area (Å²) in [6.45, 7) is 0. The van der Waals surface area contributed by atoms with Gasteiger partial charge in [0.15, 0.2) is 0 Å². The molecular formula is C10H4Cl3F3N2O. The fourth-order valence-electron chi connectivity index (χ4n) is 1.17. The molecule has 0 heterocycles. The third kappa shape index (κ3) is 3.66. The predicted molar refractivity (Wildman–Crippen MR) is 65.3 cm³/mol. The molecule has 0 saturated heterocycles. The monoisotopic (exact) mass is 330 g/mol. The summed E-state index contributed by atoms with van der Waals surface area (Å²) in [5.41, 5.74) is -1.47. The molecule has 1 rings (SSSR count). The van der Waals surface area contributed by atoms with Crippen LogP contribution in [0.2, 0.25) is 15.1 Å². The molecule has 9 heteroatoms. The number of hydrogen-bond donors (Lipinski definition) is 1. The smallest absolute Gasteiger partial charge is 0.323 e. The molecule has 1 amide bonds. The first-order valence-corrected chi connectivity index (χ1v) is 5.73. The largest absolute Gasteiger partial charge is 0.417 e. The minimum atomic E-state index is -4.72. The number of benzene rings is 1. The van der Waals surface area contributed by atoms with E-state index in [9.17, 15) is 18.0 Å². The van der Waals surface area contributed by atoms with E-state index in [-0.39, 0.29) is 5.69 Å². The Bertz CT molecular complexity index is 567. The number of rotatable bonds is 2. The van der Waals surface area contributed by atoms with E-state index in [4.69, 9.17) is 40.1 Å². The summed E-state index contributed by atoms with van der Waals surface area (Å²) in [5, 5.41) is 8.70. The van der Waals surface area contributed by atoms with E-state index >= 15 is 0 Å². The average Bonchev–Trinajstić information content (AvgIpc) is 2.28. The molecule has 0 saturated carbocycles. The van der Waals surface area contributed by atoms with Crippen molar-refractivity contribution in [2.45, 2.75) is 12.6 Å². The predicted octanol–water partition coefficient (Wildman–Crippen LogP) is 4.52. The number of alkyl halides is 3. The third-order valence-corrected chi connectivity index (χ3v) is 3.13. The minimum Gasteiger partial charge on any atom is -0.323 e. The fourth-order valence-corrected chi connectivity index (χ4v) is 1.98. The van der Waals surface area contributed by atoms with E-state index in [0.29, 0.717) is 6.07 Å². The molecule has 1 N–H and O–H groups in total. The Morgan fingerprint density at radius 2 is 1.89 bits per heavy atom. The zero-order valence-corrected chi connectivity index (χ0v) is 11.2. The summed E-state index contributed by atoms with van der Waals surface area (Å²) in [7, 11) is 0. The number of nitriles is 1. The maximum absolute atomic E-state index is 12.6.